The molecule has 0 radical (unpaired) electrons. The van der Waals surface area contributed by atoms with Crippen LogP contribution >= 0.6 is 0 Å². The summed E-state index contributed by atoms with van der Waals surface area (Å²) in [6, 6.07) is 29.4. The van der Waals surface area contributed by atoms with Crippen molar-refractivity contribution in [1.29, 1.82) is 0 Å². The largest absolute Gasteiger partial charge is 0.497 e. The van der Waals surface area contributed by atoms with Gasteiger partial charge >= 0.3 is 0 Å². The van der Waals surface area contributed by atoms with Gasteiger partial charge in [-0.2, -0.15) is 0 Å². The average Bonchev–Trinajstić information content (AvgIpc) is 3.66. The lowest BCUT2D eigenvalue weighted by atomic mass is 9.97. The minimum absolute atomic E-state index is 0.00304. The summed E-state index contributed by atoms with van der Waals surface area (Å²) < 4.78 is 7.52. The number of hydrogen-bond acceptors (Lipinski definition) is 3. The number of carbonyl (C=O) groups is 2. The Morgan fingerprint density at radius 2 is 1.57 bits per heavy atom. The second kappa shape index (κ2) is 9.62. The molecule has 37 heavy (non-hydrogen) atoms. The van der Waals surface area contributed by atoms with Gasteiger partial charge in [0, 0.05) is 12.2 Å². The Morgan fingerprint density at radius 3 is 2.27 bits per heavy atom. The highest BCUT2D eigenvalue weighted by molar-refractivity contribution is 6.00. The molecule has 2 amide bonds. The number of carbonyl (C=O) groups excluding carboxylic acids is 2. The highest BCUT2D eigenvalue weighted by Gasteiger charge is 2.39. The fraction of sp³-hybridized carbons (Fsp3) is 0.226. The standard InChI is InChI=1S/C31H29N3O3/c1-37-25-17-13-23(14-18-25)31-28-12-7-19-32(28)26-10-5-6-11-27(26)34(31)30(36)21-33(24-15-16-24)29(35)20-22-8-3-2-4-9-22/h2-14,17-19,24,31H,15-16,20-21H2,1H3. The first-order valence-electron chi connectivity index (χ1n) is 12.7. The molecule has 1 atom stereocenters. The first-order valence-corrected chi connectivity index (χ1v) is 12.7. The van der Waals surface area contributed by atoms with Crippen molar-refractivity contribution in [3.05, 3.63) is 114 Å². The molecule has 1 aliphatic heterocycles. The zero-order chi connectivity index (χ0) is 25.4. The molecular weight excluding hydrogens is 462 g/mol. The van der Waals surface area contributed by atoms with Crippen LogP contribution in [0.3, 0.4) is 0 Å². The number of anilines is 1. The molecular formula is C31H29N3O3. The van der Waals surface area contributed by atoms with Gasteiger partial charge < -0.3 is 14.2 Å². The Kier molecular flexibility index (Phi) is 6.01. The Balaban J connectivity index is 1.36. The van der Waals surface area contributed by atoms with Gasteiger partial charge in [0.1, 0.15) is 18.3 Å². The van der Waals surface area contributed by atoms with Gasteiger partial charge in [-0.3, -0.25) is 14.5 Å². The van der Waals surface area contributed by atoms with E-state index in [1.165, 1.54) is 0 Å². The number of amides is 2. The SMILES string of the molecule is COc1ccc(C2c3cccn3-c3ccccc3N2C(=O)CN(C(=O)Cc2ccccc2)C2CC2)cc1. The van der Waals surface area contributed by atoms with E-state index < -0.39 is 0 Å². The van der Waals surface area contributed by atoms with Gasteiger partial charge in [0.05, 0.1) is 30.6 Å². The summed E-state index contributed by atoms with van der Waals surface area (Å²) >= 11 is 0. The van der Waals surface area contributed by atoms with Crippen molar-refractivity contribution >= 4 is 17.5 Å². The molecule has 6 heteroatoms. The minimum Gasteiger partial charge on any atom is -0.497 e. The topological polar surface area (TPSA) is 54.8 Å². The van der Waals surface area contributed by atoms with Gasteiger partial charge in [-0.05, 0) is 60.4 Å². The molecule has 0 bridgehead atoms. The highest BCUT2D eigenvalue weighted by Crippen LogP contribution is 2.43. The highest BCUT2D eigenvalue weighted by atomic mass is 16.5. The van der Waals surface area contributed by atoms with E-state index in [2.05, 4.69) is 10.6 Å². The van der Waals surface area contributed by atoms with E-state index in [-0.39, 0.29) is 30.4 Å². The molecule has 6 nitrogen and oxygen atoms in total. The second-order valence-electron chi connectivity index (χ2n) is 9.65. The molecule has 1 unspecified atom stereocenters. The molecule has 2 aliphatic rings. The van der Waals surface area contributed by atoms with Crippen LogP contribution < -0.4 is 9.64 Å². The number of methoxy groups -OCH3 is 1. The van der Waals surface area contributed by atoms with Crippen LogP contribution in [0.1, 0.15) is 35.7 Å². The van der Waals surface area contributed by atoms with Gasteiger partial charge in [0.2, 0.25) is 11.8 Å². The lowest BCUT2D eigenvalue weighted by Gasteiger charge is -2.39. The van der Waals surface area contributed by atoms with Crippen LogP contribution in [0, 0.1) is 0 Å². The first kappa shape index (κ1) is 23.1. The molecule has 1 fully saturated rings. The molecule has 1 aromatic heterocycles. The lowest BCUT2D eigenvalue weighted by Crippen LogP contribution is -2.47. The summed E-state index contributed by atoms with van der Waals surface area (Å²) in [4.78, 5) is 31.2. The first-order chi connectivity index (χ1) is 18.1. The summed E-state index contributed by atoms with van der Waals surface area (Å²) in [5.74, 6) is 0.672. The number of para-hydroxylation sites is 2. The number of benzene rings is 3. The van der Waals surface area contributed by atoms with Crippen molar-refractivity contribution in [2.75, 3.05) is 18.6 Å². The third-order valence-electron chi connectivity index (χ3n) is 7.23. The fourth-order valence-electron chi connectivity index (χ4n) is 5.26. The molecule has 0 spiro atoms. The summed E-state index contributed by atoms with van der Waals surface area (Å²) in [5, 5.41) is 0. The van der Waals surface area contributed by atoms with Crippen molar-refractivity contribution < 1.29 is 14.3 Å². The number of fused-ring (bicyclic) bond motifs is 3. The van der Waals surface area contributed by atoms with Crippen LogP contribution in [0.5, 0.6) is 5.75 Å². The summed E-state index contributed by atoms with van der Waals surface area (Å²) in [7, 11) is 1.64. The molecule has 2 heterocycles. The molecule has 1 aliphatic carbocycles. The molecule has 1 saturated carbocycles. The van der Waals surface area contributed by atoms with E-state index in [1.807, 2.05) is 96.0 Å². The molecule has 0 saturated heterocycles. The Bertz CT molecular complexity index is 1420. The van der Waals surface area contributed by atoms with Gasteiger partial charge in [-0.1, -0.05) is 54.6 Å². The fourth-order valence-corrected chi connectivity index (χ4v) is 5.26. The smallest absolute Gasteiger partial charge is 0.247 e. The number of hydrogen-bond donors (Lipinski definition) is 0. The quantitative estimate of drug-likeness (QED) is 0.359. The molecule has 186 valence electrons. The maximum atomic E-state index is 14.2. The van der Waals surface area contributed by atoms with Crippen molar-refractivity contribution in [3.8, 4) is 11.4 Å². The Labute approximate surface area is 216 Å². The van der Waals surface area contributed by atoms with E-state index in [9.17, 15) is 9.59 Å². The third kappa shape index (κ3) is 4.40. The number of ether oxygens (including phenoxy) is 1. The monoisotopic (exact) mass is 491 g/mol. The average molecular weight is 492 g/mol. The van der Waals surface area contributed by atoms with Crippen molar-refractivity contribution in [2.45, 2.75) is 31.3 Å². The van der Waals surface area contributed by atoms with Gasteiger partial charge in [-0.15, -0.1) is 0 Å². The van der Waals surface area contributed by atoms with Crippen molar-refractivity contribution in [1.82, 2.24) is 9.47 Å². The van der Waals surface area contributed by atoms with E-state index in [4.69, 9.17) is 4.74 Å². The maximum Gasteiger partial charge on any atom is 0.247 e. The predicted molar refractivity (Wildman–Crippen MR) is 143 cm³/mol. The molecule has 6 rings (SSSR count). The zero-order valence-electron chi connectivity index (χ0n) is 20.8. The van der Waals surface area contributed by atoms with Gasteiger partial charge in [0.15, 0.2) is 0 Å². The summed E-state index contributed by atoms with van der Waals surface area (Å²) in [6.45, 7) is 0.0536. The summed E-state index contributed by atoms with van der Waals surface area (Å²) in [5.41, 5.74) is 4.74. The van der Waals surface area contributed by atoms with Crippen molar-refractivity contribution in [2.24, 2.45) is 0 Å². The van der Waals surface area contributed by atoms with Crippen LogP contribution in [0.2, 0.25) is 0 Å². The maximum absolute atomic E-state index is 14.2. The summed E-state index contributed by atoms with van der Waals surface area (Å²) in [6.07, 6.45) is 4.21. The van der Waals surface area contributed by atoms with E-state index in [0.717, 1.165) is 46.8 Å². The van der Waals surface area contributed by atoms with E-state index in [0.29, 0.717) is 6.42 Å². The predicted octanol–water partition coefficient (Wildman–Crippen LogP) is 5.16. The van der Waals surface area contributed by atoms with Crippen LogP contribution in [-0.4, -0.2) is 41.0 Å². The normalized spacial score (nSPS) is 16.0. The van der Waals surface area contributed by atoms with Crippen LogP contribution in [0.25, 0.3) is 5.69 Å². The van der Waals surface area contributed by atoms with E-state index >= 15 is 0 Å². The Hall–Kier alpha value is -4.32. The number of nitrogens with zero attached hydrogens (tertiary/aromatic N) is 3. The van der Waals surface area contributed by atoms with Gasteiger partial charge in [0.25, 0.3) is 0 Å². The lowest BCUT2D eigenvalue weighted by molar-refractivity contribution is -0.135. The second-order valence-corrected chi connectivity index (χ2v) is 9.65. The number of rotatable bonds is 7. The van der Waals surface area contributed by atoms with E-state index in [1.54, 1.807) is 12.0 Å². The van der Waals surface area contributed by atoms with Crippen LogP contribution in [-0.2, 0) is 16.0 Å². The van der Waals surface area contributed by atoms with Gasteiger partial charge in [-0.25, -0.2) is 0 Å². The molecule has 0 N–H and O–H groups in total. The number of aromatic nitrogens is 1. The van der Waals surface area contributed by atoms with Crippen molar-refractivity contribution in [3.63, 3.8) is 0 Å². The minimum atomic E-state index is -0.325. The zero-order valence-corrected chi connectivity index (χ0v) is 20.8. The van der Waals surface area contributed by atoms with Crippen LogP contribution in [0.15, 0.2) is 97.2 Å². The third-order valence-corrected chi connectivity index (χ3v) is 7.23. The van der Waals surface area contributed by atoms with Crippen LogP contribution in [0.4, 0.5) is 5.69 Å². The molecule has 3 aromatic carbocycles. The Morgan fingerprint density at radius 1 is 0.865 bits per heavy atom. The molecule has 4 aromatic rings.